The Bertz CT molecular complexity index is 735. The first-order valence-electron chi connectivity index (χ1n) is 6.49. The maximum atomic E-state index is 12.0. The lowest BCUT2D eigenvalue weighted by molar-refractivity contribution is -0.119. The molecule has 1 aromatic carbocycles. The third kappa shape index (κ3) is 4.60. The minimum Gasteiger partial charge on any atom is -0.383 e. The lowest BCUT2D eigenvalue weighted by atomic mass is 10.1. The number of nitrogens with two attached hydrogens (primary N) is 1. The third-order valence-corrected chi connectivity index (χ3v) is 4.42. The molecule has 0 radical (unpaired) electrons. The summed E-state index contributed by atoms with van der Waals surface area (Å²) in [4.78, 5) is 29.7. The second-order valence-corrected chi connectivity index (χ2v) is 6.39. The molecule has 2 aromatic rings. The fraction of sp³-hybridized carbons (Fsp3) is 0.214. The number of thioether (sulfide) groups is 1. The Morgan fingerprint density at radius 3 is 2.91 bits per heavy atom. The van der Waals surface area contributed by atoms with Gasteiger partial charge in [0.25, 0.3) is 5.56 Å². The Balaban J connectivity index is 1.93. The predicted molar refractivity (Wildman–Crippen MR) is 90.7 cm³/mol. The summed E-state index contributed by atoms with van der Waals surface area (Å²) in [6.45, 7) is 1.91. The SMILES string of the molecule is C[C@H](NC(=O)CSc1nc(N)cc(=O)[nH]1)c1ccccc1Br. The highest BCUT2D eigenvalue weighted by Gasteiger charge is 2.12. The van der Waals surface area contributed by atoms with Crippen LogP contribution in [0.1, 0.15) is 18.5 Å². The monoisotopic (exact) mass is 382 g/mol. The molecule has 1 amide bonds. The van der Waals surface area contributed by atoms with Gasteiger partial charge in [-0.25, -0.2) is 4.98 Å². The van der Waals surface area contributed by atoms with Crippen LogP contribution < -0.4 is 16.6 Å². The molecule has 0 saturated carbocycles. The summed E-state index contributed by atoms with van der Waals surface area (Å²) < 4.78 is 0.942. The maximum Gasteiger partial charge on any atom is 0.253 e. The van der Waals surface area contributed by atoms with E-state index < -0.39 is 0 Å². The molecule has 22 heavy (non-hydrogen) atoms. The Labute approximate surface area is 140 Å². The first-order chi connectivity index (χ1) is 10.5. The normalized spacial score (nSPS) is 11.9. The molecule has 1 heterocycles. The number of benzene rings is 1. The summed E-state index contributed by atoms with van der Waals surface area (Å²) in [5, 5.41) is 3.22. The molecule has 2 rings (SSSR count). The summed E-state index contributed by atoms with van der Waals surface area (Å²) in [6, 6.07) is 8.77. The van der Waals surface area contributed by atoms with Gasteiger partial charge >= 0.3 is 0 Å². The lowest BCUT2D eigenvalue weighted by Gasteiger charge is -2.15. The van der Waals surface area contributed by atoms with Crippen molar-refractivity contribution in [1.29, 1.82) is 0 Å². The molecule has 0 aliphatic rings. The van der Waals surface area contributed by atoms with E-state index >= 15 is 0 Å². The van der Waals surface area contributed by atoms with Crippen LogP contribution in [0.25, 0.3) is 0 Å². The number of H-pyrrole nitrogens is 1. The summed E-state index contributed by atoms with van der Waals surface area (Å²) >= 11 is 4.59. The van der Waals surface area contributed by atoms with E-state index in [1.54, 1.807) is 0 Å². The number of nitrogens with one attached hydrogen (secondary N) is 2. The number of hydrogen-bond donors (Lipinski definition) is 3. The number of carbonyl (C=O) groups is 1. The molecule has 0 aliphatic carbocycles. The van der Waals surface area contributed by atoms with Gasteiger partial charge in [0.05, 0.1) is 11.8 Å². The van der Waals surface area contributed by atoms with E-state index in [1.165, 1.54) is 6.07 Å². The van der Waals surface area contributed by atoms with E-state index in [2.05, 4.69) is 31.2 Å². The minimum atomic E-state index is -0.336. The van der Waals surface area contributed by atoms with Crippen molar-refractivity contribution in [2.75, 3.05) is 11.5 Å². The highest BCUT2D eigenvalue weighted by molar-refractivity contribution is 9.10. The zero-order valence-electron chi connectivity index (χ0n) is 11.8. The summed E-state index contributed by atoms with van der Waals surface area (Å²) in [5.74, 6) is 0.118. The molecule has 8 heteroatoms. The number of rotatable bonds is 5. The molecular weight excluding hydrogens is 368 g/mol. The molecule has 4 N–H and O–H groups in total. The van der Waals surface area contributed by atoms with Gasteiger partial charge in [-0.05, 0) is 18.6 Å². The van der Waals surface area contributed by atoms with E-state index in [-0.39, 0.29) is 29.1 Å². The number of hydrogen-bond acceptors (Lipinski definition) is 5. The van der Waals surface area contributed by atoms with Crippen molar-refractivity contribution in [2.45, 2.75) is 18.1 Å². The lowest BCUT2D eigenvalue weighted by Crippen LogP contribution is -2.28. The van der Waals surface area contributed by atoms with Crippen LogP contribution in [0.2, 0.25) is 0 Å². The zero-order chi connectivity index (χ0) is 16.1. The molecule has 0 unspecified atom stereocenters. The Hall–Kier alpha value is -1.80. The van der Waals surface area contributed by atoms with E-state index in [0.717, 1.165) is 21.8 Å². The first-order valence-corrected chi connectivity index (χ1v) is 8.27. The third-order valence-electron chi connectivity index (χ3n) is 2.83. The molecular formula is C14H15BrN4O2S. The number of halogens is 1. The summed E-state index contributed by atoms with van der Waals surface area (Å²) in [7, 11) is 0. The van der Waals surface area contributed by atoms with Crippen LogP contribution in [0.3, 0.4) is 0 Å². The molecule has 0 saturated heterocycles. The molecule has 0 spiro atoms. The van der Waals surface area contributed by atoms with Gasteiger partial charge in [-0.2, -0.15) is 0 Å². The van der Waals surface area contributed by atoms with Crippen LogP contribution in [0.5, 0.6) is 0 Å². The molecule has 0 bridgehead atoms. The summed E-state index contributed by atoms with van der Waals surface area (Å²) in [6.07, 6.45) is 0. The van der Waals surface area contributed by atoms with Gasteiger partial charge in [0.2, 0.25) is 5.91 Å². The van der Waals surface area contributed by atoms with Crippen LogP contribution in [0.15, 0.2) is 44.8 Å². The van der Waals surface area contributed by atoms with Gasteiger partial charge in [-0.3, -0.25) is 9.59 Å². The second kappa shape index (κ2) is 7.46. The number of aromatic amines is 1. The van der Waals surface area contributed by atoms with Crippen molar-refractivity contribution in [3.05, 3.63) is 50.7 Å². The van der Waals surface area contributed by atoms with Gasteiger partial charge in [0, 0.05) is 10.5 Å². The largest absolute Gasteiger partial charge is 0.383 e. The van der Waals surface area contributed by atoms with Gasteiger partial charge in [-0.15, -0.1) is 0 Å². The van der Waals surface area contributed by atoms with Crippen molar-refractivity contribution >= 4 is 39.4 Å². The number of carbonyl (C=O) groups excluding carboxylic acids is 1. The number of nitrogens with zero attached hydrogens (tertiary/aromatic N) is 1. The average molecular weight is 383 g/mol. The molecule has 0 fully saturated rings. The smallest absolute Gasteiger partial charge is 0.253 e. The zero-order valence-corrected chi connectivity index (χ0v) is 14.2. The van der Waals surface area contributed by atoms with Gasteiger partial charge in [-0.1, -0.05) is 45.9 Å². The van der Waals surface area contributed by atoms with Crippen molar-refractivity contribution in [1.82, 2.24) is 15.3 Å². The van der Waals surface area contributed by atoms with E-state index in [4.69, 9.17) is 5.73 Å². The highest BCUT2D eigenvalue weighted by atomic mass is 79.9. The van der Waals surface area contributed by atoms with Crippen molar-refractivity contribution in [2.24, 2.45) is 0 Å². The standard InChI is InChI=1S/C14H15BrN4O2S/c1-8(9-4-2-3-5-10(9)15)17-13(21)7-22-14-18-11(16)6-12(20)19-14/h2-6,8H,7H2,1H3,(H,17,21)(H3,16,18,19,20)/t8-/m0/s1. The fourth-order valence-electron chi connectivity index (χ4n) is 1.84. The van der Waals surface area contributed by atoms with Crippen LogP contribution >= 0.6 is 27.7 Å². The van der Waals surface area contributed by atoms with E-state index in [1.807, 2.05) is 31.2 Å². The van der Waals surface area contributed by atoms with Crippen molar-refractivity contribution < 1.29 is 4.79 Å². The predicted octanol–water partition coefficient (Wildman–Crippen LogP) is 2.08. The highest BCUT2D eigenvalue weighted by Crippen LogP contribution is 2.23. The van der Waals surface area contributed by atoms with Gasteiger partial charge in [0.1, 0.15) is 5.82 Å². The van der Waals surface area contributed by atoms with E-state index in [0.29, 0.717) is 5.16 Å². The first kappa shape index (κ1) is 16.6. The van der Waals surface area contributed by atoms with Gasteiger partial charge in [0.15, 0.2) is 5.16 Å². The van der Waals surface area contributed by atoms with Crippen LogP contribution in [0.4, 0.5) is 5.82 Å². The number of nitrogen functional groups attached to an aromatic ring is 1. The van der Waals surface area contributed by atoms with E-state index in [9.17, 15) is 9.59 Å². The Morgan fingerprint density at radius 2 is 2.23 bits per heavy atom. The summed E-state index contributed by atoms with van der Waals surface area (Å²) in [5.41, 5.74) is 6.15. The average Bonchev–Trinajstić information content (AvgIpc) is 2.44. The molecule has 1 aromatic heterocycles. The molecule has 0 aliphatic heterocycles. The molecule has 116 valence electrons. The van der Waals surface area contributed by atoms with Gasteiger partial charge < -0.3 is 16.0 Å². The van der Waals surface area contributed by atoms with Crippen molar-refractivity contribution in [3.8, 4) is 0 Å². The Morgan fingerprint density at radius 1 is 1.50 bits per heavy atom. The van der Waals surface area contributed by atoms with Crippen LogP contribution in [0, 0.1) is 0 Å². The fourth-order valence-corrected chi connectivity index (χ4v) is 3.16. The molecule has 6 nitrogen and oxygen atoms in total. The van der Waals surface area contributed by atoms with Crippen LogP contribution in [-0.2, 0) is 4.79 Å². The maximum absolute atomic E-state index is 12.0. The number of amides is 1. The molecule has 1 atom stereocenters. The topological polar surface area (TPSA) is 101 Å². The number of anilines is 1. The second-order valence-electron chi connectivity index (χ2n) is 4.57. The minimum absolute atomic E-state index is 0.128. The van der Waals surface area contributed by atoms with Crippen molar-refractivity contribution in [3.63, 3.8) is 0 Å². The Kier molecular flexibility index (Phi) is 5.62. The quantitative estimate of drug-likeness (QED) is 0.542. The number of aromatic nitrogens is 2. The van der Waals surface area contributed by atoms with Crippen LogP contribution in [-0.4, -0.2) is 21.6 Å².